The maximum absolute atomic E-state index is 13.3. The smallest absolute Gasteiger partial charge is 0.433 e. The van der Waals surface area contributed by atoms with Gasteiger partial charge in [0.05, 0.1) is 53.8 Å². The third-order valence-electron chi connectivity index (χ3n) is 6.42. The first-order valence-electron chi connectivity index (χ1n) is 12.3. The van der Waals surface area contributed by atoms with E-state index in [1.807, 2.05) is 0 Å². The molecule has 0 aromatic carbocycles. The molecule has 1 aliphatic rings. The Kier molecular flexibility index (Phi) is 7.66. The van der Waals surface area contributed by atoms with E-state index in [1.54, 1.807) is 26.0 Å². The van der Waals surface area contributed by atoms with Crippen LogP contribution < -0.4 is 10.1 Å². The Hall–Kier alpha value is -4.10. The zero-order valence-electron chi connectivity index (χ0n) is 22.0. The molecule has 5 heterocycles. The molecule has 5 rings (SSSR count). The molecule has 0 unspecified atom stereocenters. The minimum Gasteiger partial charge on any atom is -0.494 e. The summed E-state index contributed by atoms with van der Waals surface area (Å²) >= 11 is 7.33. The molecule has 0 radical (unpaired) electrons. The topological polar surface area (TPSA) is 110 Å². The molecule has 0 saturated carbocycles. The summed E-state index contributed by atoms with van der Waals surface area (Å²) in [5, 5.41) is 3.37. The Labute approximate surface area is 241 Å². The van der Waals surface area contributed by atoms with E-state index in [-0.39, 0.29) is 41.5 Å². The number of nitrogens with one attached hydrogen (secondary N) is 1. The van der Waals surface area contributed by atoms with Crippen molar-refractivity contribution in [2.45, 2.75) is 39.5 Å². The van der Waals surface area contributed by atoms with Crippen LogP contribution in [0.25, 0.3) is 11.1 Å². The molecule has 4 aromatic heterocycles. The number of rotatable bonds is 6. The third-order valence-corrected chi connectivity index (χ3v) is 7.62. The number of anilines is 1. The van der Waals surface area contributed by atoms with Gasteiger partial charge in [0.15, 0.2) is 5.13 Å². The summed E-state index contributed by atoms with van der Waals surface area (Å²) in [6.07, 6.45) is -1.50. The van der Waals surface area contributed by atoms with E-state index in [1.165, 1.54) is 41.8 Å². The highest BCUT2D eigenvalue weighted by Crippen LogP contribution is 2.36. The minimum absolute atomic E-state index is 0.0793. The SMILES string of the molecule is CCc1nc(C(F)(F)F)ccc1C(=O)N1Cc2nc(NC(=O)c3cnc(C)cc3-c3cc(Cl)ncc3OC)sc2C1. The van der Waals surface area contributed by atoms with Gasteiger partial charge in [-0.25, -0.2) is 15.0 Å². The number of hydrogen-bond acceptors (Lipinski definition) is 8. The van der Waals surface area contributed by atoms with Gasteiger partial charge in [0.1, 0.15) is 16.6 Å². The standard InChI is InChI=1S/C27H22ClF3N6O3S/c1-4-18-14(5-6-22(34-18)27(29,30)31)25(39)37-11-19-21(12-37)41-26(35-19)36-24(38)17-9-32-13(2)7-15(17)16-8-23(28)33-10-20(16)40-3/h5-10H,4,11-12H2,1-3H3,(H,35,36,38). The highest BCUT2D eigenvalue weighted by atomic mass is 35.5. The van der Waals surface area contributed by atoms with Gasteiger partial charge in [0.25, 0.3) is 11.8 Å². The molecule has 41 heavy (non-hydrogen) atoms. The number of aromatic nitrogens is 4. The maximum atomic E-state index is 13.3. The fraction of sp³-hybridized carbons (Fsp3) is 0.259. The number of aryl methyl sites for hydroxylation is 2. The molecule has 0 fully saturated rings. The first-order valence-corrected chi connectivity index (χ1v) is 13.5. The van der Waals surface area contributed by atoms with Gasteiger partial charge in [0, 0.05) is 23.0 Å². The molecule has 0 saturated heterocycles. The lowest BCUT2D eigenvalue weighted by atomic mass is 10.0. The molecule has 0 spiro atoms. The number of halogens is 4. The van der Waals surface area contributed by atoms with Crippen LogP contribution in [0.4, 0.5) is 18.3 Å². The Morgan fingerprint density at radius 1 is 1.10 bits per heavy atom. The first kappa shape index (κ1) is 28.4. The predicted molar refractivity (Wildman–Crippen MR) is 146 cm³/mol. The van der Waals surface area contributed by atoms with E-state index in [0.29, 0.717) is 33.4 Å². The molecule has 0 atom stereocenters. The summed E-state index contributed by atoms with van der Waals surface area (Å²) in [6.45, 7) is 3.79. The van der Waals surface area contributed by atoms with Crippen molar-refractivity contribution in [2.75, 3.05) is 12.4 Å². The van der Waals surface area contributed by atoms with Gasteiger partial charge < -0.3 is 9.64 Å². The quantitative estimate of drug-likeness (QED) is 0.271. The lowest BCUT2D eigenvalue weighted by molar-refractivity contribution is -0.141. The Bertz CT molecular complexity index is 1650. The number of amides is 2. The number of ether oxygens (including phenoxy) is 1. The average Bonchev–Trinajstić information content (AvgIpc) is 3.50. The van der Waals surface area contributed by atoms with Crippen LogP contribution in [0.2, 0.25) is 5.15 Å². The summed E-state index contributed by atoms with van der Waals surface area (Å²) in [7, 11) is 1.49. The second-order valence-electron chi connectivity index (χ2n) is 9.12. The molecule has 1 aliphatic heterocycles. The molecule has 4 aromatic rings. The van der Waals surface area contributed by atoms with Gasteiger partial charge in [-0.1, -0.05) is 29.9 Å². The maximum Gasteiger partial charge on any atom is 0.433 e. The fourth-order valence-electron chi connectivity index (χ4n) is 4.45. The van der Waals surface area contributed by atoms with Gasteiger partial charge in [-0.15, -0.1) is 0 Å². The minimum atomic E-state index is -4.60. The van der Waals surface area contributed by atoms with Crippen molar-refractivity contribution in [3.63, 3.8) is 0 Å². The molecule has 2 amide bonds. The molecule has 0 bridgehead atoms. The number of methoxy groups -OCH3 is 1. The molecule has 1 N–H and O–H groups in total. The normalized spacial score (nSPS) is 12.8. The number of hydrogen-bond donors (Lipinski definition) is 1. The summed E-state index contributed by atoms with van der Waals surface area (Å²) in [4.78, 5) is 45.2. The van der Waals surface area contributed by atoms with Crippen LogP contribution in [0.3, 0.4) is 0 Å². The first-order chi connectivity index (χ1) is 19.5. The van der Waals surface area contributed by atoms with Crippen molar-refractivity contribution in [1.29, 1.82) is 0 Å². The van der Waals surface area contributed by atoms with E-state index in [2.05, 4.69) is 25.3 Å². The number of thiazole rings is 1. The van der Waals surface area contributed by atoms with E-state index in [4.69, 9.17) is 16.3 Å². The number of fused-ring (bicyclic) bond motifs is 1. The van der Waals surface area contributed by atoms with E-state index in [9.17, 15) is 22.8 Å². The second-order valence-corrected chi connectivity index (χ2v) is 10.6. The fourth-order valence-corrected chi connectivity index (χ4v) is 5.59. The van der Waals surface area contributed by atoms with Crippen molar-refractivity contribution in [3.8, 4) is 16.9 Å². The van der Waals surface area contributed by atoms with Crippen molar-refractivity contribution in [1.82, 2.24) is 24.8 Å². The van der Waals surface area contributed by atoms with Crippen LogP contribution >= 0.6 is 22.9 Å². The predicted octanol–water partition coefficient (Wildman–Crippen LogP) is 5.96. The van der Waals surface area contributed by atoms with E-state index in [0.717, 1.165) is 10.9 Å². The van der Waals surface area contributed by atoms with Crippen LogP contribution in [0, 0.1) is 6.92 Å². The monoisotopic (exact) mass is 602 g/mol. The molecule has 0 aliphatic carbocycles. The number of carbonyl (C=O) groups excluding carboxylic acids is 2. The van der Waals surface area contributed by atoms with Gasteiger partial charge in [-0.3, -0.25) is 19.9 Å². The van der Waals surface area contributed by atoms with Crippen molar-refractivity contribution in [3.05, 3.63) is 80.6 Å². The van der Waals surface area contributed by atoms with Crippen LogP contribution in [-0.2, 0) is 25.7 Å². The van der Waals surface area contributed by atoms with Gasteiger partial charge >= 0.3 is 6.18 Å². The van der Waals surface area contributed by atoms with Crippen molar-refractivity contribution in [2.24, 2.45) is 0 Å². The highest BCUT2D eigenvalue weighted by molar-refractivity contribution is 7.16. The number of pyridine rings is 3. The molecular weight excluding hydrogens is 581 g/mol. The number of carbonyl (C=O) groups is 2. The van der Waals surface area contributed by atoms with Crippen LogP contribution in [0.1, 0.15) is 55.3 Å². The van der Waals surface area contributed by atoms with E-state index >= 15 is 0 Å². The van der Waals surface area contributed by atoms with Crippen LogP contribution in [0.5, 0.6) is 5.75 Å². The number of alkyl halides is 3. The van der Waals surface area contributed by atoms with Crippen LogP contribution in [0.15, 0.2) is 36.7 Å². The Balaban J connectivity index is 1.34. The van der Waals surface area contributed by atoms with Gasteiger partial charge in [-0.2, -0.15) is 13.2 Å². The zero-order valence-corrected chi connectivity index (χ0v) is 23.5. The lowest BCUT2D eigenvalue weighted by Crippen LogP contribution is -2.27. The van der Waals surface area contributed by atoms with Gasteiger partial charge in [-0.05, 0) is 37.6 Å². The van der Waals surface area contributed by atoms with Crippen molar-refractivity contribution < 1.29 is 27.5 Å². The lowest BCUT2D eigenvalue weighted by Gasteiger charge is -2.18. The zero-order chi connectivity index (χ0) is 29.5. The Morgan fingerprint density at radius 3 is 2.56 bits per heavy atom. The van der Waals surface area contributed by atoms with Gasteiger partial charge in [0.2, 0.25) is 0 Å². The molecule has 9 nitrogen and oxygen atoms in total. The summed E-state index contributed by atoms with van der Waals surface area (Å²) in [5.41, 5.74) is 1.83. The van der Waals surface area contributed by atoms with E-state index < -0.39 is 23.7 Å². The summed E-state index contributed by atoms with van der Waals surface area (Å²) in [5.74, 6) is -0.452. The number of nitrogens with zero attached hydrogens (tertiary/aromatic N) is 5. The molecular formula is C27H22ClF3N6O3S. The average molecular weight is 603 g/mol. The van der Waals surface area contributed by atoms with Crippen molar-refractivity contribution >= 4 is 39.9 Å². The highest BCUT2D eigenvalue weighted by Gasteiger charge is 2.35. The summed E-state index contributed by atoms with van der Waals surface area (Å²) < 4.78 is 44.6. The largest absolute Gasteiger partial charge is 0.494 e. The Morgan fingerprint density at radius 2 is 1.88 bits per heavy atom. The second kappa shape index (κ2) is 11.1. The molecule has 212 valence electrons. The third kappa shape index (κ3) is 5.72. The van der Waals surface area contributed by atoms with Crippen LogP contribution in [-0.4, -0.2) is 43.8 Å². The molecule has 14 heteroatoms. The summed E-state index contributed by atoms with van der Waals surface area (Å²) in [6, 6.07) is 5.33.